The second kappa shape index (κ2) is 16.0. The fraction of sp³-hybridized carbons (Fsp3) is 0.364. The molecule has 0 aliphatic carbocycles. The van der Waals surface area contributed by atoms with Gasteiger partial charge in [-0.15, -0.1) is 22.7 Å². The van der Waals surface area contributed by atoms with E-state index in [2.05, 4.69) is 94.1 Å². The van der Waals surface area contributed by atoms with Gasteiger partial charge in [0.15, 0.2) is 0 Å². The number of likely N-dealkylation sites (tertiary alicyclic amines) is 2. The van der Waals surface area contributed by atoms with E-state index in [-0.39, 0.29) is 24.3 Å². The van der Waals surface area contributed by atoms with Gasteiger partial charge in [-0.25, -0.2) is 19.6 Å². The third-order valence-electron chi connectivity index (χ3n) is 9.57. The lowest BCUT2D eigenvalue weighted by Gasteiger charge is -2.27. The third-order valence-corrected chi connectivity index (χ3v) is 12.3. The van der Waals surface area contributed by atoms with Gasteiger partial charge in [-0.3, -0.25) is 9.80 Å². The van der Waals surface area contributed by atoms with E-state index in [0.29, 0.717) is 6.54 Å². The van der Waals surface area contributed by atoms with Crippen LogP contribution in [0.25, 0.3) is 44.1 Å². The van der Waals surface area contributed by atoms with Crippen LogP contribution in [0, 0.1) is 0 Å². The highest BCUT2D eigenvalue weighted by Crippen LogP contribution is 2.43. The minimum atomic E-state index is -0.498. The van der Waals surface area contributed by atoms with Crippen LogP contribution in [0.1, 0.15) is 89.3 Å². The molecule has 0 saturated carbocycles. The number of fused-ring (bicyclic) bond motifs is 2. The third kappa shape index (κ3) is 8.90. The fourth-order valence-corrected chi connectivity index (χ4v) is 9.91. The molecule has 0 radical (unpaired) electrons. The second-order valence-corrected chi connectivity index (χ2v) is 19.2. The van der Waals surface area contributed by atoms with Crippen LogP contribution in [0.2, 0.25) is 0 Å². The van der Waals surface area contributed by atoms with Crippen molar-refractivity contribution in [3.8, 4) is 22.5 Å². The molecule has 8 rings (SSSR count). The van der Waals surface area contributed by atoms with E-state index >= 15 is 0 Å². The molecule has 2 saturated heterocycles. The minimum Gasteiger partial charge on any atom is -0.444 e. The van der Waals surface area contributed by atoms with E-state index in [9.17, 15) is 9.59 Å². The zero-order valence-corrected chi connectivity index (χ0v) is 35.4. The van der Waals surface area contributed by atoms with Crippen molar-refractivity contribution in [2.75, 3.05) is 13.1 Å². The number of nitrogens with zero attached hydrogens (tertiary/aromatic N) is 4. The largest absolute Gasteiger partial charge is 0.444 e. The van der Waals surface area contributed by atoms with Crippen molar-refractivity contribution in [3.05, 3.63) is 104 Å². The summed E-state index contributed by atoms with van der Waals surface area (Å²) in [6.45, 7) is 12.8. The number of carbonyl (C=O) groups is 2. The SMILES string of the molecule is CC(C)(C)OC(=O)N1CCC[C@H]1c1nc(-c2cccc3ccccc23)c(Br)s1.CC(C)(C)OC(=O)N1CCC[C@H]1c1nc(-c2cccc3ccccc23)cs1. The van der Waals surface area contributed by atoms with Crippen LogP contribution >= 0.6 is 38.6 Å². The van der Waals surface area contributed by atoms with Gasteiger partial charge in [-0.2, -0.15) is 0 Å². The van der Waals surface area contributed by atoms with Gasteiger partial charge in [0, 0.05) is 29.6 Å². The quantitative estimate of drug-likeness (QED) is 0.176. The summed E-state index contributed by atoms with van der Waals surface area (Å²) in [6, 6.07) is 29.2. The predicted molar refractivity (Wildman–Crippen MR) is 228 cm³/mol. The molecule has 0 unspecified atom stereocenters. The number of aromatic nitrogens is 2. The number of ether oxygens (including phenoxy) is 2. The Hall–Kier alpha value is -4.32. The highest BCUT2D eigenvalue weighted by atomic mass is 79.9. The molecule has 2 aliphatic heterocycles. The average molecular weight is 840 g/mol. The Morgan fingerprint density at radius 3 is 1.73 bits per heavy atom. The number of halogens is 1. The van der Waals surface area contributed by atoms with Crippen molar-refractivity contribution in [1.82, 2.24) is 19.8 Å². The summed E-state index contributed by atoms with van der Waals surface area (Å²) in [6.07, 6.45) is 3.29. The Bertz CT molecular complexity index is 2310. The van der Waals surface area contributed by atoms with Crippen LogP contribution in [-0.2, 0) is 9.47 Å². The van der Waals surface area contributed by atoms with Crippen molar-refractivity contribution in [1.29, 1.82) is 0 Å². The zero-order valence-electron chi connectivity index (χ0n) is 32.2. The summed E-state index contributed by atoms with van der Waals surface area (Å²) in [5.74, 6) is 0. The molecule has 4 heterocycles. The molecule has 8 nitrogen and oxygen atoms in total. The molecule has 4 aromatic carbocycles. The first-order valence-corrected chi connectivity index (χ1v) is 21.3. The number of amides is 2. The number of hydrogen-bond donors (Lipinski definition) is 0. The lowest BCUT2D eigenvalue weighted by molar-refractivity contribution is 0.0213. The summed E-state index contributed by atoms with van der Waals surface area (Å²) in [4.78, 5) is 38.8. The van der Waals surface area contributed by atoms with Crippen molar-refractivity contribution >= 4 is 72.3 Å². The van der Waals surface area contributed by atoms with Crippen LogP contribution < -0.4 is 0 Å². The Morgan fingerprint density at radius 2 is 1.16 bits per heavy atom. The van der Waals surface area contributed by atoms with Crippen LogP contribution in [0.4, 0.5) is 9.59 Å². The standard InChI is InChI=1S/C22H23BrN2O2S.C22H24N2O2S/c1-22(2,3)27-21(26)25-13-7-12-17(25)20-24-18(19(23)28-20)16-11-6-9-14-8-4-5-10-15(14)16;1-22(2,3)26-21(25)24-13-7-12-19(24)20-23-18(14-27-20)17-11-6-9-15-8-4-5-10-16(15)17/h4-6,8-11,17H,7,12-13H2,1-3H3;4-6,8-11,14,19H,7,12-13H2,1-3H3/t17-;19-/m00/s1. The maximum atomic E-state index is 12.7. The summed E-state index contributed by atoms with van der Waals surface area (Å²) >= 11 is 6.95. The smallest absolute Gasteiger partial charge is 0.410 e. The lowest BCUT2D eigenvalue weighted by Crippen LogP contribution is -2.36. The van der Waals surface area contributed by atoms with Crippen molar-refractivity contribution < 1.29 is 19.1 Å². The summed E-state index contributed by atoms with van der Waals surface area (Å²) in [7, 11) is 0. The monoisotopic (exact) mass is 838 g/mol. The molecule has 2 amide bonds. The molecular formula is C44H47BrN4O4S2. The molecular weight excluding hydrogens is 793 g/mol. The fourth-order valence-electron chi connectivity index (χ4n) is 7.20. The molecule has 0 N–H and O–H groups in total. The molecule has 2 aliphatic rings. The maximum absolute atomic E-state index is 12.7. The minimum absolute atomic E-state index is 0.00794. The van der Waals surface area contributed by atoms with Gasteiger partial charge in [-0.1, -0.05) is 84.9 Å². The van der Waals surface area contributed by atoms with Gasteiger partial charge in [-0.05, 0) is 105 Å². The van der Waals surface area contributed by atoms with Gasteiger partial charge in [0.2, 0.25) is 0 Å². The van der Waals surface area contributed by atoms with Gasteiger partial charge < -0.3 is 9.47 Å². The zero-order chi connectivity index (χ0) is 38.9. The molecule has 2 atom stereocenters. The van der Waals surface area contributed by atoms with Crippen molar-refractivity contribution in [3.63, 3.8) is 0 Å². The van der Waals surface area contributed by atoms with Gasteiger partial charge in [0.25, 0.3) is 0 Å². The summed E-state index contributed by atoms with van der Waals surface area (Å²) in [5, 5.41) is 8.83. The molecule has 55 heavy (non-hydrogen) atoms. The first-order valence-electron chi connectivity index (χ1n) is 18.8. The predicted octanol–water partition coefficient (Wildman–Crippen LogP) is 12.8. The first kappa shape index (κ1) is 38.9. The van der Waals surface area contributed by atoms with Crippen LogP contribution in [0.15, 0.2) is 94.1 Å². The number of hydrogen-bond acceptors (Lipinski definition) is 8. The molecule has 2 fully saturated rings. The highest BCUT2D eigenvalue weighted by molar-refractivity contribution is 9.11. The Balaban J connectivity index is 0.000000169. The summed E-state index contributed by atoms with van der Waals surface area (Å²) in [5.41, 5.74) is 3.17. The van der Waals surface area contributed by atoms with Crippen molar-refractivity contribution in [2.24, 2.45) is 0 Å². The number of carbonyl (C=O) groups excluding carboxylic acids is 2. The Kier molecular flexibility index (Phi) is 11.4. The van der Waals surface area contributed by atoms with Gasteiger partial charge in [0.05, 0.1) is 27.3 Å². The van der Waals surface area contributed by atoms with Gasteiger partial charge >= 0.3 is 12.2 Å². The topological polar surface area (TPSA) is 84.9 Å². The maximum Gasteiger partial charge on any atom is 0.410 e. The van der Waals surface area contributed by atoms with Crippen LogP contribution in [0.5, 0.6) is 0 Å². The Morgan fingerprint density at radius 1 is 0.673 bits per heavy atom. The van der Waals surface area contributed by atoms with Crippen molar-refractivity contribution in [2.45, 2.75) is 90.5 Å². The van der Waals surface area contributed by atoms with Crippen LogP contribution in [0.3, 0.4) is 0 Å². The molecule has 6 aromatic rings. The summed E-state index contributed by atoms with van der Waals surface area (Å²) < 4.78 is 12.2. The van der Waals surface area contributed by atoms with E-state index in [1.807, 2.05) is 63.5 Å². The Labute approximate surface area is 339 Å². The van der Waals surface area contributed by atoms with E-state index < -0.39 is 11.2 Å². The number of rotatable bonds is 4. The van der Waals surface area contributed by atoms with Crippen LogP contribution in [-0.4, -0.2) is 56.2 Å². The second-order valence-electron chi connectivity index (χ2n) is 16.0. The molecule has 11 heteroatoms. The normalized spacial score (nSPS) is 17.4. The van der Waals surface area contributed by atoms with E-state index in [1.54, 1.807) is 22.7 Å². The molecule has 0 bridgehead atoms. The molecule has 2 aromatic heterocycles. The van der Waals surface area contributed by atoms with E-state index in [0.717, 1.165) is 68.5 Å². The number of benzene rings is 4. The molecule has 286 valence electrons. The van der Waals surface area contributed by atoms with Gasteiger partial charge in [0.1, 0.15) is 21.2 Å². The first-order chi connectivity index (χ1) is 26.3. The molecule has 0 spiro atoms. The van der Waals surface area contributed by atoms with E-state index in [4.69, 9.17) is 19.4 Å². The number of thiazole rings is 2. The van der Waals surface area contributed by atoms with E-state index in [1.165, 1.54) is 21.5 Å². The average Bonchev–Trinajstić information content (AvgIpc) is 3.97. The highest BCUT2D eigenvalue weighted by Gasteiger charge is 2.36. The lowest BCUT2D eigenvalue weighted by atomic mass is 10.0.